The van der Waals surface area contributed by atoms with Gasteiger partial charge in [-0.05, 0) is 73.0 Å². The van der Waals surface area contributed by atoms with E-state index in [9.17, 15) is 14.9 Å². The molecule has 0 bridgehead atoms. The first-order chi connectivity index (χ1) is 16.4. The molecule has 7 heteroatoms. The van der Waals surface area contributed by atoms with E-state index >= 15 is 0 Å². The summed E-state index contributed by atoms with van der Waals surface area (Å²) in [4.78, 5) is 24.7. The number of hydrogen-bond acceptors (Lipinski definition) is 5. The van der Waals surface area contributed by atoms with E-state index in [0.717, 1.165) is 11.1 Å². The zero-order valence-corrected chi connectivity index (χ0v) is 19.2. The van der Waals surface area contributed by atoms with Gasteiger partial charge in [-0.25, -0.2) is 0 Å². The molecule has 0 radical (unpaired) electrons. The number of nitriles is 1. The number of methoxy groups -OCH3 is 1. The van der Waals surface area contributed by atoms with Crippen LogP contribution in [0.15, 0.2) is 72.3 Å². The standard InChI is InChI=1S/C27H25N3O4/c1-18-8-11-22(14-19(18)2)29-27(32)21(16-28)15-20-9-12-23(13-10-20)34-17-26(31)30-24-6-4-5-7-25(24)33-3/h4-15H,17H2,1-3H3,(H,29,32)(H,30,31). The number of nitrogens with zero attached hydrogens (tertiary/aromatic N) is 1. The van der Waals surface area contributed by atoms with Gasteiger partial charge < -0.3 is 20.1 Å². The van der Waals surface area contributed by atoms with Gasteiger partial charge in [0.05, 0.1) is 12.8 Å². The van der Waals surface area contributed by atoms with Gasteiger partial charge in [-0.3, -0.25) is 9.59 Å². The first kappa shape index (κ1) is 24.1. The molecule has 2 amide bonds. The van der Waals surface area contributed by atoms with Gasteiger partial charge in [0.15, 0.2) is 6.61 Å². The van der Waals surface area contributed by atoms with Gasteiger partial charge in [-0.15, -0.1) is 0 Å². The third-order valence-electron chi connectivity index (χ3n) is 5.07. The zero-order chi connectivity index (χ0) is 24.5. The lowest BCUT2D eigenvalue weighted by molar-refractivity contribution is -0.118. The average molecular weight is 456 g/mol. The second kappa shape index (κ2) is 11.3. The minimum Gasteiger partial charge on any atom is -0.495 e. The quantitative estimate of drug-likeness (QED) is 0.373. The number of para-hydroxylation sites is 2. The Hall–Kier alpha value is -4.57. The minimum absolute atomic E-state index is 0.0249. The highest BCUT2D eigenvalue weighted by Crippen LogP contribution is 2.23. The molecule has 3 rings (SSSR count). The lowest BCUT2D eigenvalue weighted by Crippen LogP contribution is -2.20. The maximum absolute atomic E-state index is 12.5. The highest BCUT2D eigenvalue weighted by Gasteiger charge is 2.11. The summed E-state index contributed by atoms with van der Waals surface area (Å²) in [5.74, 6) is 0.217. The van der Waals surface area contributed by atoms with Crippen LogP contribution in [0.25, 0.3) is 6.08 Å². The molecular formula is C27H25N3O4. The van der Waals surface area contributed by atoms with Gasteiger partial charge in [-0.2, -0.15) is 5.26 Å². The highest BCUT2D eigenvalue weighted by molar-refractivity contribution is 6.09. The van der Waals surface area contributed by atoms with E-state index < -0.39 is 5.91 Å². The molecule has 0 atom stereocenters. The van der Waals surface area contributed by atoms with E-state index in [-0.39, 0.29) is 18.1 Å². The first-order valence-electron chi connectivity index (χ1n) is 10.6. The van der Waals surface area contributed by atoms with Crippen LogP contribution in [0.4, 0.5) is 11.4 Å². The summed E-state index contributed by atoms with van der Waals surface area (Å²) >= 11 is 0. The molecule has 0 aliphatic carbocycles. The van der Waals surface area contributed by atoms with E-state index in [1.54, 1.807) is 48.5 Å². The molecule has 0 saturated carbocycles. The summed E-state index contributed by atoms with van der Waals surface area (Å²) in [6.07, 6.45) is 1.49. The van der Waals surface area contributed by atoms with E-state index in [2.05, 4.69) is 10.6 Å². The van der Waals surface area contributed by atoms with Crippen LogP contribution < -0.4 is 20.1 Å². The molecule has 0 spiro atoms. The third kappa shape index (κ3) is 6.47. The minimum atomic E-state index is -0.487. The fourth-order valence-corrected chi connectivity index (χ4v) is 3.08. The normalized spacial score (nSPS) is 10.7. The predicted molar refractivity (Wildman–Crippen MR) is 132 cm³/mol. The van der Waals surface area contributed by atoms with E-state index in [1.807, 2.05) is 38.1 Å². The smallest absolute Gasteiger partial charge is 0.266 e. The number of nitrogens with one attached hydrogen (secondary N) is 2. The molecule has 0 fully saturated rings. The van der Waals surface area contributed by atoms with Crippen molar-refractivity contribution in [3.63, 3.8) is 0 Å². The first-order valence-corrected chi connectivity index (χ1v) is 10.6. The van der Waals surface area contributed by atoms with Crippen molar-refractivity contribution in [1.82, 2.24) is 0 Å². The number of aryl methyl sites for hydroxylation is 2. The van der Waals surface area contributed by atoms with Gasteiger partial charge in [0.25, 0.3) is 11.8 Å². The largest absolute Gasteiger partial charge is 0.495 e. The molecule has 0 aliphatic rings. The molecule has 0 saturated heterocycles. The fourth-order valence-electron chi connectivity index (χ4n) is 3.08. The van der Waals surface area contributed by atoms with Crippen molar-refractivity contribution < 1.29 is 19.1 Å². The van der Waals surface area contributed by atoms with Crippen molar-refractivity contribution in [2.75, 3.05) is 24.4 Å². The van der Waals surface area contributed by atoms with Crippen molar-refractivity contribution in [3.8, 4) is 17.6 Å². The topological polar surface area (TPSA) is 100 Å². The molecule has 3 aromatic carbocycles. The Morgan fingerprint density at radius 2 is 1.71 bits per heavy atom. The van der Waals surface area contributed by atoms with Crippen LogP contribution in [0, 0.1) is 25.2 Å². The Balaban J connectivity index is 1.59. The van der Waals surface area contributed by atoms with Crippen molar-refractivity contribution in [3.05, 3.63) is 89.0 Å². The second-order valence-electron chi connectivity index (χ2n) is 7.53. The number of hydrogen-bond donors (Lipinski definition) is 2. The second-order valence-corrected chi connectivity index (χ2v) is 7.53. The van der Waals surface area contributed by atoms with Crippen LogP contribution in [-0.2, 0) is 9.59 Å². The Morgan fingerprint density at radius 3 is 2.38 bits per heavy atom. The molecule has 0 aromatic heterocycles. The number of rotatable bonds is 8. The molecule has 0 heterocycles. The van der Waals surface area contributed by atoms with E-state index in [1.165, 1.54) is 13.2 Å². The third-order valence-corrected chi connectivity index (χ3v) is 5.07. The average Bonchev–Trinajstić information content (AvgIpc) is 2.84. The summed E-state index contributed by atoms with van der Waals surface area (Å²) in [5.41, 5.74) is 3.98. The maximum atomic E-state index is 12.5. The Morgan fingerprint density at radius 1 is 0.971 bits per heavy atom. The van der Waals surface area contributed by atoms with Crippen LogP contribution in [0.5, 0.6) is 11.5 Å². The van der Waals surface area contributed by atoms with Crippen molar-refractivity contribution in [2.45, 2.75) is 13.8 Å². The summed E-state index contributed by atoms with van der Waals surface area (Å²) in [7, 11) is 1.53. The molecule has 7 nitrogen and oxygen atoms in total. The number of carbonyl (C=O) groups is 2. The summed E-state index contributed by atoms with van der Waals surface area (Å²) in [5, 5.41) is 14.9. The van der Waals surface area contributed by atoms with Crippen LogP contribution in [0.2, 0.25) is 0 Å². The molecular weight excluding hydrogens is 430 g/mol. The van der Waals surface area contributed by atoms with Crippen molar-refractivity contribution in [2.24, 2.45) is 0 Å². The summed E-state index contributed by atoms with van der Waals surface area (Å²) in [6.45, 7) is 3.76. The molecule has 0 aliphatic heterocycles. The predicted octanol–water partition coefficient (Wildman–Crippen LogP) is 4.88. The van der Waals surface area contributed by atoms with Gasteiger partial charge in [0.2, 0.25) is 0 Å². The van der Waals surface area contributed by atoms with Crippen LogP contribution in [0.3, 0.4) is 0 Å². The van der Waals surface area contributed by atoms with E-state index in [4.69, 9.17) is 9.47 Å². The lowest BCUT2D eigenvalue weighted by atomic mass is 10.1. The van der Waals surface area contributed by atoms with Gasteiger partial charge in [0.1, 0.15) is 23.1 Å². The number of amides is 2. The van der Waals surface area contributed by atoms with Crippen LogP contribution in [0.1, 0.15) is 16.7 Å². The molecule has 34 heavy (non-hydrogen) atoms. The molecule has 2 N–H and O–H groups in total. The monoisotopic (exact) mass is 455 g/mol. The number of benzene rings is 3. The Bertz CT molecular complexity index is 1260. The van der Waals surface area contributed by atoms with Gasteiger partial charge >= 0.3 is 0 Å². The number of anilines is 2. The SMILES string of the molecule is COc1ccccc1NC(=O)COc1ccc(C=C(C#N)C(=O)Nc2ccc(C)c(C)c2)cc1. The van der Waals surface area contributed by atoms with Crippen molar-refractivity contribution in [1.29, 1.82) is 5.26 Å². The Labute approximate surface area is 198 Å². The lowest BCUT2D eigenvalue weighted by Gasteiger charge is -2.10. The molecule has 3 aromatic rings. The van der Waals surface area contributed by atoms with Crippen LogP contribution in [-0.4, -0.2) is 25.5 Å². The summed E-state index contributed by atoms with van der Waals surface area (Å²) in [6, 6.07) is 21.3. The number of ether oxygens (including phenoxy) is 2. The van der Waals surface area contributed by atoms with Crippen LogP contribution >= 0.6 is 0 Å². The Kier molecular flexibility index (Phi) is 8.03. The molecule has 0 unspecified atom stereocenters. The number of carbonyl (C=O) groups excluding carboxylic acids is 2. The highest BCUT2D eigenvalue weighted by atomic mass is 16.5. The maximum Gasteiger partial charge on any atom is 0.266 e. The van der Waals surface area contributed by atoms with Gasteiger partial charge in [0, 0.05) is 5.69 Å². The zero-order valence-electron chi connectivity index (χ0n) is 19.2. The van der Waals surface area contributed by atoms with Crippen molar-refractivity contribution >= 4 is 29.3 Å². The molecule has 172 valence electrons. The van der Waals surface area contributed by atoms with Gasteiger partial charge in [-0.1, -0.05) is 30.3 Å². The summed E-state index contributed by atoms with van der Waals surface area (Å²) < 4.78 is 10.7. The van der Waals surface area contributed by atoms with E-state index in [0.29, 0.717) is 28.4 Å². The fraction of sp³-hybridized carbons (Fsp3) is 0.148.